The van der Waals surface area contributed by atoms with Crippen molar-refractivity contribution in [3.05, 3.63) is 42.3 Å². The van der Waals surface area contributed by atoms with E-state index in [1.165, 1.54) is 0 Å². The van der Waals surface area contributed by atoms with Crippen molar-refractivity contribution in [1.29, 1.82) is 0 Å². The Kier molecular flexibility index (Phi) is 2.95. The van der Waals surface area contributed by atoms with Crippen LogP contribution in [0.3, 0.4) is 0 Å². The van der Waals surface area contributed by atoms with Crippen molar-refractivity contribution in [2.75, 3.05) is 5.32 Å². The first-order valence-electron chi connectivity index (χ1n) is 6.36. The number of fused-ring (bicyclic) bond motifs is 1. The molecular weight excluding hydrogens is 240 g/mol. The van der Waals surface area contributed by atoms with Gasteiger partial charge in [0.2, 0.25) is 0 Å². The topological polar surface area (TPSA) is 55.9 Å². The third-order valence-electron chi connectivity index (χ3n) is 3.11. The highest BCUT2D eigenvalue weighted by Gasteiger charge is 2.05. The number of hydrogen-bond donors (Lipinski definition) is 1. The predicted molar refractivity (Wildman–Crippen MR) is 73.9 cm³/mol. The van der Waals surface area contributed by atoms with Crippen LogP contribution in [0.25, 0.3) is 11.1 Å². The molecule has 19 heavy (non-hydrogen) atoms. The number of nitrogens with one attached hydrogen (secondary N) is 1. The summed E-state index contributed by atoms with van der Waals surface area (Å²) in [4.78, 5) is 8.70. The summed E-state index contributed by atoms with van der Waals surface area (Å²) in [5, 5.41) is 3.34. The van der Waals surface area contributed by atoms with Crippen LogP contribution in [-0.2, 0) is 20.0 Å². The summed E-state index contributed by atoms with van der Waals surface area (Å²) >= 11 is 0. The van der Waals surface area contributed by atoms with Gasteiger partial charge in [0.1, 0.15) is 11.3 Å². The first-order valence-corrected chi connectivity index (χ1v) is 6.36. The van der Waals surface area contributed by atoms with Gasteiger partial charge in [-0.05, 0) is 18.2 Å². The second-order valence-corrected chi connectivity index (χ2v) is 4.45. The lowest BCUT2D eigenvalue weighted by Crippen LogP contribution is -2.05. The van der Waals surface area contributed by atoms with Crippen molar-refractivity contribution in [1.82, 2.24) is 14.5 Å². The summed E-state index contributed by atoms with van der Waals surface area (Å²) in [5.74, 6) is 1.77. The van der Waals surface area contributed by atoms with Crippen LogP contribution in [0, 0.1) is 0 Å². The van der Waals surface area contributed by atoms with Gasteiger partial charge in [-0.3, -0.25) is 0 Å². The van der Waals surface area contributed by atoms with Crippen LogP contribution >= 0.6 is 0 Å². The molecule has 0 saturated carbocycles. The van der Waals surface area contributed by atoms with Crippen molar-refractivity contribution in [2.45, 2.75) is 19.9 Å². The highest BCUT2D eigenvalue weighted by molar-refractivity contribution is 5.77. The Balaban J connectivity index is 1.79. The number of aromatic nitrogens is 3. The molecule has 0 fully saturated rings. The van der Waals surface area contributed by atoms with E-state index in [0.717, 1.165) is 34.9 Å². The number of anilines is 1. The summed E-state index contributed by atoms with van der Waals surface area (Å²) in [6.07, 6.45) is 4.54. The Hall–Kier alpha value is -2.30. The van der Waals surface area contributed by atoms with E-state index in [2.05, 4.69) is 15.3 Å². The van der Waals surface area contributed by atoms with Crippen molar-refractivity contribution < 1.29 is 4.42 Å². The molecule has 0 bridgehead atoms. The van der Waals surface area contributed by atoms with E-state index in [9.17, 15) is 0 Å². The minimum Gasteiger partial charge on any atom is -0.441 e. The van der Waals surface area contributed by atoms with Gasteiger partial charge < -0.3 is 14.3 Å². The molecule has 3 rings (SSSR count). The first kappa shape index (κ1) is 11.8. The molecule has 0 unspecified atom stereocenters. The minimum atomic E-state index is 0.688. The first-order chi connectivity index (χ1) is 9.26. The number of nitrogens with zero attached hydrogens (tertiary/aromatic N) is 3. The van der Waals surface area contributed by atoms with Gasteiger partial charge in [-0.15, -0.1) is 0 Å². The molecule has 0 aliphatic heterocycles. The van der Waals surface area contributed by atoms with Gasteiger partial charge >= 0.3 is 0 Å². The monoisotopic (exact) mass is 256 g/mol. The second-order valence-electron chi connectivity index (χ2n) is 4.45. The van der Waals surface area contributed by atoms with Crippen LogP contribution in [0.15, 0.2) is 35.0 Å². The van der Waals surface area contributed by atoms with Crippen molar-refractivity contribution in [3.8, 4) is 0 Å². The molecular formula is C14H16N4O. The fourth-order valence-corrected chi connectivity index (χ4v) is 1.98. The largest absolute Gasteiger partial charge is 0.441 e. The Morgan fingerprint density at radius 3 is 3.00 bits per heavy atom. The standard InChI is InChI=1S/C14H16N4O/c1-3-14-17-11-8-10(4-5-12(11)19-14)16-9-13-15-6-7-18(13)2/h4-8,16H,3,9H2,1-2H3. The highest BCUT2D eigenvalue weighted by atomic mass is 16.3. The average molecular weight is 256 g/mol. The van der Waals surface area contributed by atoms with Crippen LogP contribution in [0.1, 0.15) is 18.6 Å². The van der Waals surface area contributed by atoms with Crippen LogP contribution in [-0.4, -0.2) is 14.5 Å². The maximum Gasteiger partial charge on any atom is 0.195 e. The number of rotatable bonds is 4. The molecule has 0 aliphatic carbocycles. The molecule has 1 N–H and O–H groups in total. The third kappa shape index (κ3) is 2.31. The summed E-state index contributed by atoms with van der Waals surface area (Å²) in [5.41, 5.74) is 2.74. The van der Waals surface area contributed by atoms with E-state index in [1.807, 2.05) is 42.9 Å². The van der Waals surface area contributed by atoms with Crippen LogP contribution in [0.2, 0.25) is 0 Å². The lowest BCUT2D eigenvalue weighted by molar-refractivity contribution is 0.538. The molecule has 0 radical (unpaired) electrons. The number of oxazole rings is 1. The van der Waals surface area contributed by atoms with Gasteiger partial charge in [-0.1, -0.05) is 6.92 Å². The van der Waals surface area contributed by atoms with Gasteiger partial charge in [-0.2, -0.15) is 0 Å². The van der Waals surface area contributed by atoms with Crippen LogP contribution in [0.4, 0.5) is 5.69 Å². The van der Waals surface area contributed by atoms with E-state index in [4.69, 9.17) is 4.42 Å². The van der Waals surface area contributed by atoms with Gasteiger partial charge in [-0.25, -0.2) is 9.97 Å². The molecule has 3 aromatic rings. The van der Waals surface area contributed by atoms with Crippen LogP contribution in [0.5, 0.6) is 0 Å². The lowest BCUT2D eigenvalue weighted by atomic mass is 10.3. The number of benzene rings is 1. The molecule has 0 atom stereocenters. The zero-order chi connectivity index (χ0) is 13.2. The molecule has 0 amide bonds. The Labute approximate surface area is 111 Å². The third-order valence-corrected chi connectivity index (χ3v) is 3.11. The van der Waals surface area contributed by atoms with E-state index in [1.54, 1.807) is 6.20 Å². The number of aryl methyl sites for hydroxylation is 2. The molecule has 2 heterocycles. The zero-order valence-corrected chi connectivity index (χ0v) is 11.1. The van der Waals surface area contributed by atoms with Gasteiger partial charge in [0.05, 0.1) is 6.54 Å². The summed E-state index contributed by atoms with van der Waals surface area (Å²) < 4.78 is 7.58. The van der Waals surface area contributed by atoms with Gasteiger partial charge in [0.15, 0.2) is 11.5 Å². The molecule has 0 aliphatic rings. The smallest absolute Gasteiger partial charge is 0.195 e. The normalized spacial score (nSPS) is 11.1. The van der Waals surface area contributed by atoms with Gasteiger partial charge in [0.25, 0.3) is 0 Å². The zero-order valence-electron chi connectivity index (χ0n) is 11.1. The highest BCUT2D eigenvalue weighted by Crippen LogP contribution is 2.20. The Morgan fingerprint density at radius 2 is 2.26 bits per heavy atom. The average Bonchev–Trinajstić information content (AvgIpc) is 3.01. The predicted octanol–water partition coefficient (Wildman–Crippen LogP) is 2.74. The summed E-state index contributed by atoms with van der Waals surface area (Å²) in [7, 11) is 1.98. The molecule has 0 spiro atoms. The molecule has 98 valence electrons. The van der Waals surface area contributed by atoms with E-state index in [-0.39, 0.29) is 0 Å². The van der Waals surface area contributed by atoms with Crippen LogP contribution < -0.4 is 5.32 Å². The number of imidazole rings is 1. The van der Waals surface area contributed by atoms with Crippen molar-refractivity contribution in [3.63, 3.8) is 0 Å². The quantitative estimate of drug-likeness (QED) is 0.779. The Bertz CT molecular complexity index is 698. The Morgan fingerprint density at radius 1 is 1.37 bits per heavy atom. The second kappa shape index (κ2) is 4.76. The van der Waals surface area contributed by atoms with E-state index >= 15 is 0 Å². The summed E-state index contributed by atoms with van der Waals surface area (Å²) in [6.45, 7) is 2.72. The fourth-order valence-electron chi connectivity index (χ4n) is 1.98. The van der Waals surface area contributed by atoms with E-state index < -0.39 is 0 Å². The lowest BCUT2D eigenvalue weighted by Gasteiger charge is -2.05. The fraction of sp³-hybridized carbons (Fsp3) is 0.286. The molecule has 5 heteroatoms. The molecule has 5 nitrogen and oxygen atoms in total. The van der Waals surface area contributed by atoms with Crippen molar-refractivity contribution >= 4 is 16.8 Å². The SMILES string of the molecule is CCc1nc2cc(NCc3nccn3C)ccc2o1. The maximum absolute atomic E-state index is 5.59. The number of hydrogen-bond acceptors (Lipinski definition) is 4. The summed E-state index contributed by atoms with van der Waals surface area (Å²) in [6, 6.07) is 5.94. The molecule has 0 saturated heterocycles. The van der Waals surface area contributed by atoms with Crippen molar-refractivity contribution in [2.24, 2.45) is 7.05 Å². The molecule has 1 aromatic carbocycles. The minimum absolute atomic E-state index is 0.688. The maximum atomic E-state index is 5.59. The van der Waals surface area contributed by atoms with E-state index in [0.29, 0.717) is 6.54 Å². The molecule has 2 aromatic heterocycles. The van der Waals surface area contributed by atoms with Gasteiger partial charge in [0, 0.05) is 31.5 Å².